The summed E-state index contributed by atoms with van der Waals surface area (Å²) < 4.78 is 11.2. The molecule has 0 fully saturated rings. The number of nitrogens with one attached hydrogen (secondary N) is 2. The summed E-state index contributed by atoms with van der Waals surface area (Å²) >= 11 is 0. The zero-order valence-electron chi connectivity index (χ0n) is 18.2. The first-order valence-corrected chi connectivity index (χ1v) is 10.3. The molecule has 0 atom stereocenters. The van der Waals surface area contributed by atoms with Gasteiger partial charge in [0.2, 0.25) is 0 Å². The molecule has 1 aliphatic carbocycles. The highest BCUT2D eigenvalue weighted by atomic mass is 16.5. The van der Waals surface area contributed by atoms with E-state index in [0.29, 0.717) is 47.0 Å². The van der Waals surface area contributed by atoms with Gasteiger partial charge in [0.1, 0.15) is 17.3 Å². The third-order valence-electron chi connectivity index (χ3n) is 5.33. The highest BCUT2D eigenvalue weighted by Gasteiger charge is 2.28. The molecule has 0 unspecified atom stereocenters. The lowest BCUT2D eigenvalue weighted by Gasteiger charge is -2.14. The number of anilines is 1. The van der Waals surface area contributed by atoms with Gasteiger partial charge in [-0.25, -0.2) is 10.4 Å². The molecule has 0 saturated carbocycles. The van der Waals surface area contributed by atoms with Crippen LogP contribution in [0.2, 0.25) is 0 Å². The maximum Gasteiger partial charge on any atom is 0.292 e. The van der Waals surface area contributed by atoms with Crippen molar-refractivity contribution in [2.24, 2.45) is 5.10 Å². The van der Waals surface area contributed by atoms with Crippen LogP contribution in [0, 0.1) is 13.8 Å². The highest BCUT2D eigenvalue weighted by molar-refractivity contribution is 6.09. The van der Waals surface area contributed by atoms with Gasteiger partial charge in [-0.15, -0.1) is 0 Å². The van der Waals surface area contributed by atoms with Gasteiger partial charge in [-0.3, -0.25) is 9.59 Å². The number of fused-ring (bicyclic) bond motifs is 1. The standard InChI is InChI=1S/C24H24N4O4/c1-14-11-12-25-20(13-14)26-24(30)22-15(2)21-17(8-6-10-19(21)32-22)27-28-23(29)16-7-4-5-9-18(16)31-3/h4-5,7,9,11-13H,6,8,10H2,1-3H3,(H,28,29)(H,25,26,30)/b27-17+. The zero-order valence-corrected chi connectivity index (χ0v) is 18.2. The van der Waals surface area contributed by atoms with Crippen LogP contribution < -0.4 is 15.5 Å². The van der Waals surface area contributed by atoms with Crippen LogP contribution in [0.4, 0.5) is 5.82 Å². The lowest BCUT2D eigenvalue weighted by Crippen LogP contribution is -2.22. The molecule has 0 bridgehead atoms. The molecule has 8 heteroatoms. The SMILES string of the molecule is COc1ccccc1C(=O)N/N=C1\CCCc2oc(C(=O)Nc3cc(C)ccn3)c(C)c21. The summed E-state index contributed by atoms with van der Waals surface area (Å²) in [6, 6.07) is 10.6. The second-order valence-electron chi connectivity index (χ2n) is 7.58. The number of furan rings is 1. The second-order valence-corrected chi connectivity index (χ2v) is 7.58. The Kier molecular flexibility index (Phi) is 6.02. The third-order valence-corrected chi connectivity index (χ3v) is 5.33. The fourth-order valence-electron chi connectivity index (χ4n) is 3.78. The van der Waals surface area contributed by atoms with Gasteiger partial charge in [0, 0.05) is 23.7 Å². The first-order valence-electron chi connectivity index (χ1n) is 10.3. The van der Waals surface area contributed by atoms with E-state index in [0.717, 1.165) is 17.5 Å². The first kappa shape index (κ1) is 21.3. The number of amides is 2. The predicted octanol–water partition coefficient (Wildman–Crippen LogP) is 4.02. The molecule has 2 N–H and O–H groups in total. The predicted molar refractivity (Wildman–Crippen MR) is 120 cm³/mol. The molecule has 0 aliphatic heterocycles. The van der Waals surface area contributed by atoms with Gasteiger partial charge in [-0.1, -0.05) is 12.1 Å². The van der Waals surface area contributed by atoms with Crippen molar-refractivity contribution in [3.63, 3.8) is 0 Å². The van der Waals surface area contributed by atoms with E-state index < -0.39 is 0 Å². The number of ether oxygens (including phenoxy) is 1. The van der Waals surface area contributed by atoms with Crippen LogP contribution in [-0.2, 0) is 6.42 Å². The molecular weight excluding hydrogens is 408 g/mol. The Morgan fingerprint density at radius 2 is 1.94 bits per heavy atom. The van der Waals surface area contributed by atoms with Crippen molar-refractivity contribution in [1.82, 2.24) is 10.4 Å². The van der Waals surface area contributed by atoms with Crippen molar-refractivity contribution in [3.8, 4) is 5.75 Å². The van der Waals surface area contributed by atoms with Gasteiger partial charge in [0.25, 0.3) is 11.8 Å². The van der Waals surface area contributed by atoms with Crippen LogP contribution in [0.15, 0.2) is 52.1 Å². The summed E-state index contributed by atoms with van der Waals surface area (Å²) in [6.45, 7) is 3.75. The maximum atomic E-state index is 12.8. The summed E-state index contributed by atoms with van der Waals surface area (Å²) in [5, 5.41) is 7.14. The van der Waals surface area contributed by atoms with Crippen molar-refractivity contribution in [3.05, 3.63) is 76.4 Å². The maximum absolute atomic E-state index is 12.8. The molecule has 32 heavy (non-hydrogen) atoms. The number of benzene rings is 1. The van der Waals surface area contributed by atoms with E-state index >= 15 is 0 Å². The minimum Gasteiger partial charge on any atom is -0.496 e. The molecule has 1 aromatic carbocycles. The number of nitrogens with zero attached hydrogens (tertiary/aromatic N) is 2. The van der Waals surface area contributed by atoms with E-state index in [-0.39, 0.29) is 17.6 Å². The van der Waals surface area contributed by atoms with Crippen LogP contribution in [-0.4, -0.2) is 29.6 Å². The van der Waals surface area contributed by atoms with Gasteiger partial charge in [0.05, 0.1) is 18.4 Å². The highest BCUT2D eigenvalue weighted by Crippen LogP contribution is 2.30. The first-order chi connectivity index (χ1) is 15.5. The van der Waals surface area contributed by atoms with Crippen molar-refractivity contribution in [2.75, 3.05) is 12.4 Å². The number of hydrogen-bond acceptors (Lipinski definition) is 6. The van der Waals surface area contributed by atoms with E-state index in [9.17, 15) is 9.59 Å². The van der Waals surface area contributed by atoms with Crippen LogP contribution >= 0.6 is 0 Å². The molecule has 1 aliphatic rings. The Morgan fingerprint density at radius 1 is 1.12 bits per heavy atom. The Hall–Kier alpha value is -3.94. The van der Waals surface area contributed by atoms with Crippen molar-refractivity contribution < 1.29 is 18.7 Å². The fraction of sp³-hybridized carbons (Fsp3) is 0.250. The summed E-state index contributed by atoms with van der Waals surface area (Å²) in [5.74, 6) is 1.11. The van der Waals surface area contributed by atoms with Crippen LogP contribution in [0.1, 0.15) is 56.2 Å². The molecule has 4 rings (SSSR count). The number of hydrazone groups is 1. The number of hydrogen-bond donors (Lipinski definition) is 2. The molecule has 0 saturated heterocycles. The van der Waals surface area contributed by atoms with Gasteiger partial charge in [0.15, 0.2) is 5.76 Å². The molecular formula is C24H24N4O4. The molecule has 164 valence electrons. The lowest BCUT2D eigenvalue weighted by molar-refractivity contribution is 0.0950. The van der Waals surface area contributed by atoms with Crippen LogP contribution in [0.5, 0.6) is 5.75 Å². The van der Waals surface area contributed by atoms with Crippen molar-refractivity contribution >= 4 is 23.3 Å². The summed E-state index contributed by atoms with van der Waals surface area (Å²) in [7, 11) is 1.51. The Bertz CT molecular complexity index is 1210. The summed E-state index contributed by atoms with van der Waals surface area (Å²) in [4.78, 5) is 29.6. The molecule has 2 amide bonds. The van der Waals surface area contributed by atoms with Gasteiger partial charge < -0.3 is 14.5 Å². The number of methoxy groups -OCH3 is 1. The molecule has 8 nitrogen and oxygen atoms in total. The zero-order chi connectivity index (χ0) is 22.7. The number of aryl methyl sites for hydroxylation is 2. The third kappa shape index (κ3) is 4.25. The van der Waals surface area contributed by atoms with E-state index in [1.165, 1.54) is 7.11 Å². The molecule has 2 heterocycles. The second kappa shape index (κ2) is 9.05. The Balaban J connectivity index is 1.58. The quantitative estimate of drug-likeness (QED) is 0.592. The monoisotopic (exact) mass is 432 g/mol. The molecule has 0 radical (unpaired) electrons. The lowest BCUT2D eigenvalue weighted by atomic mass is 9.93. The fourth-order valence-corrected chi connectivity index (χ4v) is 3.78. The van der Waals surface area contributed by atoms with Gasteiger partial charge >= 0.3 is 0 Å². The largest absolute Gasteiger partial charge is 0.496 e. The summed E-state index contributed by atoms with van der Waals surface area (Å²) in [6.07, 6.45) is 3.82. The number of carbonyl (C=O) groups excluding carboxylic acids is 2. The van der Waals surface area contributed by atoms with E-state index in [2.05, 4.69) is 20.8 Å². The average molecular weight is 432 g/mol. The topological polar surface area (TPSA) is 106 Å². The van der Waals surface area contributed by atoms with Crippen molar-refractivity contribution in [2.45, 2.75) is 33.1 Å². The Labute approximate surface area is 185 Å². The smallest absolute Gasteiger partial charge is 0.292 e. The molecule has 2 aromatic heterocycles. The number of para-hydroxylation sites is 1. The van der Waals surface area contributed by atoms with Gasteiger partial charge in [-0.05, 0) is 56.5 Å². The van der Waals surface area contributed by atoms with Crippen LogP contribution in [0.25, 0.3) is 0 Å². The minimum absolute atomic E-state index is 0.226. The normalized spacial score (nSPS) is 14.0. The minimum atomic E-state index is -0.369. The number of pyridine rings is 1. The van der Waals surface area contributed by atoms with E-state index in [4.69, 9.17) is 9.15 Å². The van der Waals surface area contributed by atoms with Gasteiger partial charge in [-0.2, -0.15) is 5.10 Å². The Morgan fingerprint density at radius 3 is 2.72 bits per heavy atom. The number of carbonyl (C=O) groups is 2. The number of aromatic nitrogens is 1. The average Bonchev–Trinajstić information content (AvgIpc) is 3.14. The number of rotatable bonds is 5. The molecule has 0 spiro atoms. The summed E-state index contributed by atoms with van der Waals surface area (Å²) in [5.41, 5.74) is 6.15. The van der Waals surface area contributed by atoms with Crippen LogP contribution in [0.3, 0.4) is 0 Å². The van der Waals surface area contributed by atoms with E-state index in [1.54, 1.807) is 36.5 Å². The van der Waals surface area contributed by atoms with Crippen molar-refractivity contribution in [1.29, 1.82) is 0 Å². The van der Waals surface area contributed by atoms with E-state index in [1.807, 2.05) is 19.9 Å². The molecule has 3 aromatic rings.